The van der Waals surface area contributed by atoms with E-state index in [9.17, 15) is 14.4 Å². The Morgan fingerprint density at radius 1 is 0.294 bits per heavy atom. The van der Waals surface area contributed by atoms with E-state index < -0.39 is 6.10 Å². The summed E-state index contributed by atoms with van der Waals surface area (Å²) in [5.41, 5.74) is 0. The van der Waals surface area contributed by atoms with E-state index in [-0.39, 0.29) is 31.1 Å². The Morgan fingerprint density at radius 3 is 0.853 bits per heavy atom. The van der Waals surface area contributed by atoms with Gasteiger partial charge in [0.05, 0.1) is 0 Å². The molecule has 0 unspecified atom stereocenters. The number of unbranched alkanes of at least 4 members (excludes halogenated alkanes) is 38. The van der Waals surface area contributed by atoms with Crippen LogP contribution < -0.4 is 0 Å². The second kappa shape index (κ2) is 57.2. The molecule has 68 heavy (non-hydrogen) atoms. The summed E-state index contributed by atoms with van der Waals surface area (Å²) < 4.78 is 16.9. The highest BCUT2D eigenvalue weighted by Crippen LogP contribution is 2.17. The van der Waals surface area contributed by atoms with Gasteiger partial charge >= 0.3 is 17.9 Å². The lowest BCUT2D eigenvalue weighted by molar-refractivity contribution is -0.167. The normalized spacial score (nSPS) is 12.2. The summed E-state index contributed by atoms with van der Waals surface area (Å²) in [4.78, 5) is 38.2. The van der Waals surface area contributed by atoms with Crippen LogP contribution >= 0.6 is 0 Å². The largest absolute Gasteiger partial charge is 0.462 e. The Kier molecular flexibility index (Phi) is 55.2. The van der Waals surface area contributed by atoms with Crippen molar-refractivity contribution >= 4 is 17.9 Å². The zero-order chi connectivity index (χ0) is 49.3. The Hall–Kier alpha value is -2.37. The molecule has 0 aromatic carbocycles. The molecule has 0 amide bonds. The molecule has 6 nitrogen and oxygen atoms in total. The first-order valence-corrected chi connectivity index (χ1v) is 30.0. The fourth-order valence-electron chi connectivity index (χ4n) is 8.82. The number of hydrogen-bond acceptors (Lipinski definition) is 6. The number of carbonyl (C=O) groups excluding carboxylic acids is 3. The van der Waals surface area contributed by atoms with Crippen LogP contribution in [0.3, 0.4) is 0 Å². The van der Waals surface area contributed by atoms with E-state index in [2.05, 4.69) is 57.2 Å². The molecular formula is C62H114O6. The zero-order valence-corrected chi connectivity index (χ0v) is 45.6. The second-order valence-electron chi connectivity index (χ2n) is 20.3. The highest BCUT2D eigenvalue weighted by atomic mass is 16.6. The van der Waals surface area contributed by atoms with Gasteiger partial charge in [0.1, 0.15) is 13.2 Å². The van der Waals surface area contributed by atoms with Crippen LogP contribution in [0.2, 0.25) is 0 Å². The number of ether oxygens (including phenoxy) is 3. The van der Waals surface area contributed by atoms with Crippen molar-refractivity contribution in [1.82, 2.24) is 0 Å². The number of rotatable bonds is 55. The summed E-state index contributed by atoms with van der Waals surface area (Å²) in [5, 5.41) is 0. The van der Waals surface area contributed by atoms with Crippen LogP contribution in [0.5, 0.6) is 0 Å². The Labute approximate surface area is 423 Å². The standard InChI is InChI=1S/C62H114O6/c1-4-7-10-13-16-19-22-25-28-30-31-33-34-37-40-43-46-49-52-55-61(64)67-58-59(57-66-60(63)54-51-48-45-42-39-36-27-24-21-18-15-12-9-6-3)68-62(65)56-53-50-47-44-41-38-35-32-29-26-23-20-17-14-11-8-5-2/h16,19,24-25,27-28,59H,4-15,17-18,20-23,26,29-58H2,1-3H3/b19-16+,27-24+,28-25+/t59-/m1/s1. The Morgan fingerprint density at radius 2 is 0.529 bits per heavy atom. The van der Waals surface area contributed by atoms with E-state index in [0.717, 1.165) is 70.6 Å². The Balaban J connectivity index is 4.34. The van der Waals surface area contributed by atoms with Gasteiger partial charge in [0.15, 0.2) is 6.10 Å². The molecule has 0 aliphatic heterocycles. The molecule has 1 atom stereocenters. The molecule has 0 saturated heterocycles. The van der Waals surface area contributed by atoms with Crippen LogP contribution in [0.4, 0.5) is 0 Å². The second-order valence-corrected chi connectivity index (χ2v) is 20.3. The van der Waals surface area contributed by atoms with Crippen LogP contribution in [-0.2, 0) is 28.6 Å². The minimum absolute atomic E-state index is 0.0732. The predicted molar refractivity (Wildman–Crippen MR) is 293 cm³/mol. The molecule has 6 heteroatoms. The predicted octanol–water partition coefficient (Wildman–Crippen LogP) is 20.0. The van der Waals surface area contributed by atoms with Crippen molar-refractivity contribution in [3.8, 4) is 0 Å². The molecule has 0 spiro atoms. The first-order valence-electron chi connectivity index (χ1n) is 30.0. The van der Waals surface area contributed by atoms with Gasteiger partial charge in [0, 0.05) is 19.3 Å². The molecule has 0 heterocycles. The third kappa shape index (κ3) is 54.6. The highest BCUT2D eigenvalue weighted by Gasteiger charge is 2.19. The van der Waals surface area contributed by atoms with Crippen molar-refractivity contribution in [1.29, 1.82) is 0 Å². The average Bonchev–Trinajstić information content (AvgIpc) is 3.34. The third-order valence-corrected chi connectivity index (χ3v) is 13.4. The monoisotopic (exact) mass is 955 g/mol. The zero-order valence-electron chi connectivity index (χ0n) is 45.6. The molecule has 398 valence electrons. The quantitative estimate of drug-likeness (QED) is 0.0262. The molecule has 0 bridgehead atoms. The molecule has 0 aliphatic rings. The average molecular weight is 956 g/mol. The number of hydrogen-bond donors (Lipinski definition) is 0. The van der Waals surface area contributed by atoms with Gasteiger partial charge < -0.3 is 14.2 Å². The molecule has 0 aromatic heterocycles. The number of esters is 3. The summed E-state index contributed by atoms with van der Waals surface area (Å²) in [6.45, 7) is 6.64. The van der Waals surface area contributed by atoms with E-state index in [1.807, 2.05) is 0 Å². The van der Waals surface area contributed by atoms with Gasteiger partial charge in [-0.05, 0) is 77.0 Å². The molecule has 0 aromatic rings. The van der Waals surface area contributed by atoms with Gasteiger partial charge in [-0.15, -0.1) is 0 Å². The van der Waals surface area contributed by atoms with Crippen LogP contribution in [-0.4, -0.2) is 37.2 Å². The molecule has 0 rings (SSSR count). The van der Waals surface area contributed by atoms with Crippen molar-refractivity contribution in [2.45, 2.75) is 329 Å². The number of carbonyl (C=O) groups is 3. The van der Waals surface area contributed by atoms with Gasteiger partial charge in [-0.3, -0.25) is 14.4 Å². The minimum Gasteiger partial charge on any atom is -0.462 e. The van der Waals surface area contributed by atoms with Crippen LogP contribution in [0, 0.1) is 0 Å². The molecular weight excluding hydrogens is 841 g/mol. The fourth-order valence-corrected chi connectivity index (χ4v) is 8.82. The van der Waals surface area contributed by atoms with Crippen molar-refractivity contribution in [2.75, 3.05) is 13.2 Å². The maximum atomic E-state index is 12.9. The maximum absolute atomic E-state index is 12.9. The topological polar surface area (TPSA) is 78.9 Å². The highest BCUT2D eigenvalue weighted by molar-refractivity contribution is 5.71. The minimum atomic E-state index is -0.774. The van der Waals surface area contributed by atoms with Crippen molar-refractivity contribution in [3.63, 3.8) is 0 Å². The van der Waals surface area contributed by atoms with E-state index in [1.165, 1.54) is 212 Å². The van der Waals surface area contributed by atoms with Crippen LogP contribution in [0.1, 0.15) is 323 Å². The van der Waals surface area contributed by atoms with Crippen molar-refractivity contribution in [2.24, 2.45) is 0 Å². The summed E-state index contributed by atoms with van der Waals surface area (Å²) in [7, 11) is 0. The van der Waals surface area contributed by atoms with Crippen molar-refractivity contribution in [3.05, 3.63) is 36.5 Å². The van der Waals surface area contributed by atoms with Gasteiger partial charge in [0.25, 0.3) is 0 Å². The lowest BCUT2D eigenvalue weighted by Crippen LogP contribution is -2.30. The molecule has 0 N–H and O–H groups in total. The SMILES string of the molecule is CCCCC/C=C/C/C=C/CCCCCCCCCCCC(=O)OC[C@@H](COC(=O)CCCCCCC/C=C/CCCCCCC)OC(=O)CCCCCCCCCCCCCCCCCCC. The van der Waals surface area contributed by atoms with E-state index in [0.29, 0.717) is 19.3 Å². The third-order valence-electron chi connectivity index (χ3n) is 13.4. The molecule has 0 radical (unpaired) electrons. The van der Waals surface area contributed by atoms with Crippen LogP contribution in [0.25, 0.3) is 0 Å². The lowest BCUT2D eigenvalue weighted by Gasteiger charge is -2.18. The van der Waals surface area contributed by atoms with Gasteiger partial charge in [-0.25, -0.2) is 0 Å². The van der Waals surface area contributed by atoms with E-state index >= 15 is 0 Å². The first-order chi connectivity index (χ1) is 33.5. The summed E-state index contributed by atoms with van der Waals surface area (Å²) >= 11 is 0. The smallest absolute Gasteiger partial charge is 0.306 e. The van der Waals surface area contributed by atoms with Crippen LogP contribution in [0.15, 0.2) is 36.5 Å². The molecule has 0 aliphatic carbocycles. The van der Waals surface area contributed by atoms with Gasteiger partial charge in [0.2, 0.25) is 0 Å². The van der Waals surface area contributed by atoms with Gasteiger partial charge in [-0.1, -0.05) is 263 Å². The van der Waals surface area contributed by atoms with Gasteiger partial charge in [-0.2, -0.15) is 0 Å². The summed E-state index contributed by atoms with van der Waals surface area (Å²) in [6.07, 6.45) is 68.5. The maximum Gasteiger partial charge on any atom is 0.306 e. The number of allylic oxidation sites excluding steroid dienone is 6. The first kappa shape index (κ1) is 65.6. The fraction of sp³-hybridized carbons (Fsp3) is 0.855. The Bertz CT molecular complexity index is 1140. The summed E-state index contributed by atoms with van der Waals surface area (Å²) in [5.74, 6) is -0.866. The van der Waals surface area contributed by atoms with E-state index in [1.54, 1.807) is 0 Å². The van der Waals surface area contributed by atoms with Crippen molar-refractivity contribution < 1.29 is 28.6 Å². The molecule has 0 saturated carbocycles. The molecule has 0 fully saturated rings. The summed E-state index contributed by atoms with van der Waals surface area (Å²) in [6, 6.07) is 0. The van der Waals surface area contributed by atoms with E-state index in [4.69, 9.17) is 14.2 Å². The lowest BCUT2D eigenvalue weighted by atomic mass is 10.0.